The number of fused-ring (bicyclic) bond motifs is 1. The van der Waals surface area contributed by atoms with E-state index >= 15 is 0 Å². The predicted octanol–water partition coefficient (Wildman–Crippen LogP) is 4.50. The zero-order valence-corrected chi connectivity index (χ0v) is 19.5. The van der Waals surface area contributed by atoms with Gasteiger partial charge in [0.15, 0.2) is 11.0 Å². The second-order valence-corrected chi connectivity index (χ2v) is 8.64. The molecule has 2 aromatic carbocycles. The molecule has 0 spiro atoms. The van der Waals surface area contributed by atoms with E-state index in [1.807, 2.05) is 60.7 Å². The largest absolute Gasteiger partial charge is 0.496 e. The van der Waals surface area contributed by atoms with Crippen LogP contribution in [0.15, 0.2) is 95.0 Å². The highest BCUT2D eigenvalue weighted by atomic mass is 32.2. The Balaban J connectivity index is 1.46. The minimum atomic E-state index is -0.0959. The van der Waals surface area contributed by atoms with E-state index in [1.54, 1.807) is 19.4 Å². The first-order valence-corrected chi connectivity index (χ1v) is 11.9. The highest BCUT2D eigenvalue weighted by molar-refractivity contribution is 7.98. The molecule has 0 fully saturated rings. The number of benzene rings is 2. The maximum Gasteiger partial charge on any atom is 0.258 e. The Morgan fingerprint density at radius 1 is 0.941 bits per heavy atom. The molecule has 0 atom stereocenters. The van der Waals surface area contributed by atoms with Crippen LogP contribution in [0.1, 0.15) is 11.3 Å². The minimum absolute atomic E-state index is 0.0959. The smallest absolute Gasteiger partial charge is 0.258 e. The molecule has 0 aliphatic carbocycles. The molecule has 0 radical (unpaired) electrons. The van der Waals surface area contributed by atoms with Crippen LogP contribution < -0.4 is 10.3 Å². The van der Waals surface area contributed by atoms with Crippen LogP contribution in [0.4, 0.5) is 0 Å². The summed E-state index contributed by atoms with van der Waals surface area (Å²) in [6.45, 7) is 0.709. The van der Waals surface area contributed by atoms with E-state index in [4.69, 9.17) is 4.74 Å². The minimum Gasteiger partial charge on any atom is -0.496 e. The van der Waals surface area contributed by atoms with Crippen LogP contribution in [0.2, 0.25) is 0 Å². The molecule has 34 heavy (non-hydrogen) atoms. The van der Waals surface area contributed by atoms with Gasteiger partial charge in [0.05, 0.1) is 18.4 Å². The van der Waals surface area contributed by atoms with Gasteiger partial charge >= 0.3 is 0 Å². The zero-order valence-electron chi connectivity index (χ0n) is 18.7. The van der Waals surface area contributed by atoms with Crippen LogP contribution in [-0.2, 0) is 18.7 Å². The predicted molar refractivity (Wildman–Crippen MR) is 133 cm³/mol. The maximum atomic E-state index is 12.5. The lowest BCUT2D eigenvalue weighted by Gasteiger charge is -2.12. The summed E-state index contributed by atoms with van der Waals surface area (Å²) in [6, 6.07) is 25.3. The average Bonchev–Trinajstić information content (AvgIpc) is 3.29. The fourth-order valence-corrected chi connectivity index (χ4v) is 4.68. The number of rotatable bonds is 8. The number of aromatic nitrogens is 5. The van der Waals surface area contributed by atoms with Gasteiger partial charge in [-0.05, 0) is 36.2 Å². The van der Waals surface area contributed by atoms with Gasteiger partial charge in [-0.15, -0.1) is 10.2 Å². The monoisotopic (exact) mass is 469 g/mol. The molecule has 8 heteroatoms. The highest BCUT2D eigenvalue weighted by Crippen LogP contribution is 2.31. The van der Waals surface area contributed by atoms with Crippen molar-refractivity contribution in [3.05, 3.63) is 107 Å². The van der Waals surface area contributed by atoms with E-state index in [1.165, 1.54) is 21.7 Å². The lowest BCUT2D eigenvalue weighted by atomic mass is 10.1. The number of hydrogen-bond donors (Lipinski definition) is 0. The number of pyridine rings is 1. The molecular weight excluding hydrogens is 446 g/mol. The molecule has 5 aromatic rings. The summed E-state index contributed by atoms with van der Waals surface area (Å²) in [5.41, 5.74) is 3.37. The first kappa shape index (κ1) is 21.9. The molecule has 170 valence electrons. The second kappa shape index (κ2) is 9.93. The number of nitrogens with zero attached hydrogens (tertiary/aromatic N) is 5. The first-order chi connectivity index (χ1) is 16.7. The van der Waals surface area contributed by atoms with Gasteiger partial charge in [-0.3, -0.25) is 9.20 Å². The fraction of sp³-hybridized carbons (Fsp3) is 0.154. The van der Waals surface area contributed by atoms with E-state index in [0.717, 1.165) is 28.7 Å². The molecule has 0 N–H and O–H groups in total. The number of hydrogen-bond acceptors (Lipinski definition) is 6. The van der Waals surface area contributed by atoms with E-state index in [-0.39, 0.29) is 5.56 Å². The molecule has 5 rings (SSSR count). The third kappa shape index (κ3) is 4.58. The Morgan fingerprint density at radius 2 is 1.74 bits per heavy atom. The molecule has 3 heterocycles. The second-order valence-electron chi connectivity index (χ2n) is 7.70. The summed E-state index contributed by atoms with van der Waals surface area (Å²) in [7, 11) is 1.66. The maximum absolute atomic E-state index is 12.5. The standard InChI is InChI=1S/C26H23N5O2S/c1-33-22-12-6-5-11-21(22)25-28-29-26(31(25)16-14-19-9-3-2-4-10-19)34-18-20-17-24(32)30-15-8-7-13-23(30)27-20/h2-13,15,17H,14,16,18H2,1H3. The van der Waals surface area contributed by atoms with Crippen molar-refractivity contribution in [2.45, 2.75) is 23.9 Å². The molecule has 7 nitrogen and oxygen atoms in total. The van der Waals surface area contributed by atoms with Crippen molar-refractivity contribution in [3.63, 3.8) is 0 Å². The number of methoxy groups -OCH3 is 1. The van der Waals surface area contributed by atoms with Crippen LogP contribution in [0.25, 0.3) is 17.0 Å². The summed E-state index contributed by atoms with van der Waals surface area (Å²) in [6.07, 6.45) is 2.56. The van der Waals surface area contributed by atoms with Crippen molar-refractivity contribution in [2.75, 3.05) is 7.11 Å². The SMILES string of the molecule is COc1ccccc1-c1nnc(SCc2cc(=O)n3ccccc3n2)n1CCc1ccccc1. The topological polar surface area (TPSA) is 74.3 Å². The summed E-state index contributed by atoms with van der Waals surface area (Å²) >= 11 is 1.52. The van der Waals surface area contributed by atoms with Gasteiger partial charge in [0.2, 0.25) is 0 Å². The Labute approximate surface area is 201 Å². The van der Waals surface area contributed by atoms with E-state index < -0.39 is 0 Å². The zero-order chi connectivity index (χ0) is 23.3. The summed E-state index contributed by atoms with van der Waals surface area (Å²) in [5.74, 6) is 2.01. The van der Waals surface area contributed by atoms with Crippen molar-refractivity contribution in [1.82, 2.24) is 24.1 Å². The van der Waals surface area contributed by atoms with E-state index in [2.05, 4.69) is 31.9 Å². The molecule has 0 aliphatic heterocycles. The van der Waals surface area contributed by atoms with Crippen molar-refractivity contribution >= 4 is 17.4 Å². The molecule has 0 bridgehead atoms. The van der Waals surface area contributed by atoms with Crippen molar-refractivity contribution in [3.8, 4) is 17.1 Å². The lowest BCUT2D eigenvalue weighted by molar-refractivity contribution is 0.415. The van der Waals surface area contributed by atoms with E-state index in [9.17, 15) is 4.79 Å². The summed E-state index contributed by atoms with van der Waals surface area (Å²) < 4.78 is 9.23. The van der Waals surface area contributed by atoms with Gasteiger partial charge < -0.3 is 9.30 Å². The first-order valence-electron chi connectivity index (χ1n) is 10.9. The van der Waals surface area contributed by atoms with Crippen molar-refractivity contribution < 1.29 is 4.74 Å². The normalized spacial score (nSPS) is 11.1. The van der Waals surface area contributed by atoms with Crippen LogP contribution in [0.3, 0.4) is 0 Å². The Hall–Kier alpha value is -3.91. The van der Waals surface area contributed by atoms with E-state index in [0.29, 0.717) is 23.6 Å². The summed E-state index contributed by atoms with van der Waals surface area (Å²) in [4.78, 5) is 17.1. The van der Waals surface area contributed by atoms with Crippen molar-refractivity contribution in [2.24, 2.45) is 0 Å². The van der Waals surface area contributed by atoms with Gasteiger partial charge in [-0.1, -0.05) is 60.3 Å². The number of para-hydroxylation sites is 1. The quantitative estimate of drug-likeness (QED) is 0.312. The Morgan fingerprint density at radius 3 is 2.59 bits per heavy atom. The van der Waals surface area contributed by atoms with Gasteiger partial charge in [0.1, 0.15) is 11.4 Å². The molecule has 0 unspecified atom stereocenters. The number of ether oxygens (including phenoxy) is 1. The number of thioether (sulfide) groups is 1. The molecule has 3 aromatic heterocycles. The molecule has 0 aliphatic rings. The Bertz CT molecular complexity index is 1480. The van der Waals surface area contributed by atoms with Crippen molar-refractivity contribution in [1.29, 1.82) is 0 Å². The van der Waals surface area contributed by atoms with Gasteiger partial charge in [-0.2, -0.15) is 0 Å². The fourth-order valence-electron chi connectivity index (χ4n) is 3.83. The van der Waals surface area contributed by atoms with Gasteiger partial charge in [-0.25, -0.2) is 4.98 Å². The summed E-state index contributed by atoms with van der Waals surface area (Å²) in [5, 5.41) is 9.77. The molecule has 0 saturated carbocycles. The number of aryl methyl sites for hydroxylation is 1. The van der Waals surface area contributed by atoms with Crippen LogP contribution >= 0.6 is 11.8 Å². The van der Waals surface area contributed by atoms with Crippen LogP contribution in [-0.4, -0.2) is 31.3 Å². The molecule has 0 amide bonds. The van der Waals surface area contributed by atoms with Gasteiger partial charge in [0, 0.05) is 24.6 Å². The lowest BCUT2D eigenvalue weighted by Crippen LogP contribution is -2.14. The van der Waals surface area contributed by atoms with Crippen LogP contribution in [0, 0.1) is 0 Å². The van der Waals surface area contributed by atoms with Crippen LogP contribution in [0.5, 0.6) is 5.75 Å². The third-order valence-electron chi connectivity index (χ3n) is 5.50. The Kier molecular flexibility index (Phi) is 6.40. The molecular formula is C26H23N5O2S. The third-order valence-corrected chi connectivity index (χ3v) is 6.51. The van der Waals surface area contributed by atoms with Gasteiger partial charge in [0.25, 0.3) is 5.56 Å². The highest BCUT2D eigenvalue weighted by Gasteiger charge is 2.18. The average molecular weight is 470 g/mol. The molecule has 0 saturated heterocycles.